The summed E-state index contributed by atoms with van der Waals surface area (Å²) in [6, 6.07) is 8.00. The molecule has 0 aliphatic heterocycles. The van der Waals surface area contributed by atoms with Gasteiger partial charge in [0.1, 0.15) is 0 Å². The van der Waals surface area contributed by atoms with Crippen LogP contribution in [0.5, 0.6) is 0 Å². The first-order chi connectivity index (χ1) is 7.69. The normalized spacial score (nSPS) is 12.4. The van der Waals surface area contributed by atoms with E-state index < -0.39 is 0 Å². The van der Waals surface area contributed by atoms with Crippen LogP contribution < -0.4 is 5.32 Å². The average Bonchev–Trinajstić information content (AvgIpc) is 2.29. The van der Waals surface area contributed by atoms with Crippen LogP contribution in [0.2, 0.25) is 0 Å². The molecule has 0 aromatic heterocycles. The zero-order valence-electron chi connectivity index (χ0n) is 10.4. The zero-order valence-corrected chi connectivity index (χ0v) is 10.4. The number of carbonyl (C=O) groups excluding carboxylic acids is 1. The van der Waals surface area contributed by atoms with Gasteiger partial charge in [-0.15, -0.1) is 0 Å². The fourth-order valence-corrected chi connectivity index (χ4v) is 1.85. The topological polar surface area (TPSA) is 29.1 Å². The molecule has 0 amide bonds. The number of carbonyl (C=O) groups is 1. The summed E-state index contributed by atoms with van der Waals surface area (Å²) in [5.41, 5.74) is 2.10. The zero-order chi connectivity index (χ0) is 12.0. The maximum Gasteiger partial charge on any atom is 0.166 e. The first-order valence-corrected chi connectivity index (χ1v) is 5.96. The standard InChI is InChI=1S/C14H21NO/c1-4-6-12-7-5-8-13(9-12)14(16)11(2)10-15-3/h5,7-9,11,15H,4,6,10H2,1-3H3. The van der Waals surface area contributed by atoms with E-state index in [0.717, 1.165) is 24.9 Å². The molecule has 0 bridgehead atoms. The molecule has 0 saturated heterocycles. The summed E-state index contributed by atoms with van der Waals surface area (Å²) in [5.74, 6) is 0.272. The van der Waals surface area contributed by atoms with Crippen molar-refractivity contribution in [2.45, 2.75) is 26.7 Å². The van der Waals surface area contributed by atoms with Crippen LogP contribution in [0.4, 0.5) is 0 Å². The molecule has 0 aliphatic rings. The summed E-state index contributed by atoms with van der Waals surface area (Å²) in [4.78, 5) is 12.1. The maximum absolute atomic E-state index is 12.1. The van der Waals surface area contributed by atoms with Crippen molar-refractivity contribution in [1.29, 1.82) is 0 Å². The van der Waals surface area contributed by atoms with Crippen molar-refractivity contribution in [3.63, 3.8) is 0 Å². The van der Waals surface area contributed by atoms with Crippen molar-refractivity contribution in [1.82, 2.24) is 5.32 Å². The molecule has 0 spiro atoms. The molecule has 1 N–H and O–H groups in total. The second kappa shape index (κ2) is 6.44. The molecule has 2 heteroatoms. The second-order valence-electron chi connectivity index (χ2n) is 4.27. The van der Waals surface area contributed by atoms with Crippen LogP contribution in [0, 0.1) is 5.92 Å². The van der Waals surface area contributed by atoms with Gasteiger partial charge in [0.05, 0.1) is 0 Å². The molecule has 1 atom stereocenters. The molecule has 1 rings (SSSR count). The fourth-order valence-electron chi connectivity index (χ4n) is 1.85. The summed E-state index contributed by atoms with van der Waals surface area (Å²) < 4.78 is 0. The molecule has 0 saturated carbocycles. The Bertz CT molecular complexity index is 346. The average molecular weight is 219 g/mol. The SMILES string of the molecule is CCCc1cccc(C(=O)C(C)CNC)c1. The van der Waals surface area contributed by atoms with Gasteiger partial charge in [-0.25, -0.2) is 0 Å². The highest BCUT2D eigenvalue weighted by atomic mass is 16.1. The third kappa shape index (κ3) is 3.46. The number of nitrogens with one attached hydrogen (secondary N) is 1. The molecule has 88 valence electrons. The van der Waals surface area contributed by atoms with E-state index in [1.54, 1.807) is 0 Å². The quantitative estimate of drug-likeness (QED) is 0.745. The van der Waals surface area contributed by atoms with Gasteiger partial charge in [-0.2, -0.15) is 0 Å². The minimum absolute atomic E-state index is 0.0434. The summed E-state index contributed by atoms with van der Waals surface area (Å²) in [6.07, 6.45) is 2.16. The van der Waals surface area contributed by atoms with E-state index in [1.807, 2.05) is 32.2 Å². The van der Waals surface area contributed by atoms with Crippen molar-refractivity contribution in [2.75, 3.05) is 13.6 Å². The molecule has 0 radical (unpaired) electrons. The lowest BCUT2D eigenvalue weighted by molar-refractivity contribution is 0.0930. The van der Waals surface area contributed by atoms with Crippen molar-refractivity contribution < 1.29 is 4.79 Å². The van der Waals surface area contributed by atoms with E-state index in [0.29, 0.717) is 0 Å². The number of ketones is 1. The minimum atomic E-state index is 0.0434. The fraction of sp³-hybridized carbons (Fsp3) is 0.500. The summed E-state index contributed by atoms with van der Waals surface area (Å²) >= 11 is 0. The minimum Gasteiger partial charge on any atom is -0.319 e. The molecule has 1 unspecified atom stereocenters. The molecule has 0 heterocycles. The van der Waals surface area contributed by atoms with Gasteiger partial charge in [-0.3, -0.25) is 4.79 Å². The third-order valence-corrected chi connectivity index (χ3v) is 2.71. The monoisotopic (exact) mass is 219 g/mol. The van der Waals surface area contributed by atoms with Crippen molar-refractivity contribution in [2.24, 2.45) is 5.92 Å². The van der Waals surface area contributed by atoms with Gasteiger partial charge >= 0.3 is 0 Å². The summed E-state index contributed by atoms with van der Waals surface area (Å²) in [5, 5.41) is 3.04. The number of benzene rings is 1. The van der Waals surface area contributed by atoms with Crippen LogP contribution in [-0.2, 0) is 6.42 Å². The molecular weight excluding hydrogens is 198 g/mol. The van der Waals surface area contributed by atoms with E-state index in [1.165, 1.54) is 5.56 Å². The lowest BCUT2D eigenvalue weighted by Crippen LogP contribution is -2.23. The second-order valence-corrected chi connectivity index (χ2v) is 4.27. The predicted molar refractivity (Wildman–Crippen MR) is 67.9 cm³/mol. The maximum atomic E-state index is 12.1. The highest BCUT2D eigenvalue weighted by Crippen LogP contribution is 2.12. The Morgan fingerprint density at radius 3 is 2.81 bits per heavy atom. The Hall–Kier alpha value is -1.15. The van der Waals surface area contributed by atoms with E-state index in [2.05, 4.69) is 18.3 Å². The smallest absolute Gasteiger partial charge is 0.166 e. The van der Waals surface area contributed by atoms with E-state index in [9.17, 15) is 4.79 Å². The van der Waals surface area contributed by atoms with Gasteiger partial charge in [0.15, 0.2) is 5.78 Å². The number of rotatable bonds is 6. The molecule has 0 aliphatic carbocycles. The van der Waals surface area contributed by atoms with Gasteiger partial charge in [0.2, 0.25) is 0 Å². The molecule has 0 fully saturated rings. The van der Waals surface area contributed by atoms with Crippen molar-refractivity contribution in [3.8, 4) is 0 Å². The highest BCUT2D eigenvalue weighted by molar-refractivity contribution is 5.97. The Kier molecular flexibility index (Phi) is 5.20. The third-order valence-electron chi connectivity index (χ3n) is 2.71. The van der Waals surface area contributed by atoms with Crippen LogP contribution in [0.3, 0.4) is 0 Å². The number of hydrogen-bond acceptors (Lipinski definition) is 2. The van der Waals surface area contributed by atoms with Gasteiger partial charge in [-0.05, 0) is 25.1 Å². The van der Waals surface area contributed by atoms with Gasteiger partial charge in [0.25, 0.3) is 0 Å². The van der Waals surface area contributed by atoms with Crippen molar-refractivity contribution in [3.05, 3.63) is 35.4 Å². The lowest BCUT2D eigenvalue weighted by atomic mass is 9.97. The van der Waals surface area contributed by atoms with E-state index in [-0.39, 0.29) is 11.7 Å². The first-order valence-electron chi connectivity index (χ1n) is 5.96. The number of Topliss-reactive ketones (excluding diaryl/α,β-unsaturated/α-hetero) is 1. The van der Waals surface area contributed by atoms with Gasteiger partial charge in [0, 0.05) is 18.0 Å². The van der Waals surface area contributed by atoms with Crippen LogP contribution in [-0.4, -0.2) is 19.4 Å². The first kappa shape index (κ1) is 12.9. The molecule has 16 heavy (non-hydrogen) atoms. The molecular formula is C14H21NO. The molecule has 1 aromatic rings. The van der Waals surface area contributed by atoms with Gasteiger partial charge < -0.3 is 5.32 Å². The Balaban J connectivity index is 2.78. The Morgan fingerprint density at radius 2 is 2.19 bits per heavy atom. The van der Waals surface area contributed by atoms with Gasteiger partial charge in [-0.1, -0.05) is 38.5 Å². The Labute approximate surface area is 98.1 Å². The van der Waals surface area contributed by atoms with Crippen LogP contribution in [0.25, 0.3) is 0 Å². The summed E-state index contributed by atoms with van der Waals surface area (Å²) in [6.45, 7) is 4.85. The largest absolute Gasteiger partial charge is 0.319 e. The van der Waals surface area contributed by atoms with E-state index in [4.69, 9.17) is 0 Å². The summed E-state index contributed by atoms with van der Waals surface area (Å²) in [7, 11) is 1.87. The lowest BCUT2D eigenvalue weighted by Gasteiger charge is -2.10. The molecule has 1 aromatic carbocycles. The number of hydrogen-bond donors (Lipinski definition) is 1. The highest BCUT2D eigenvalue weighted by Gasteiger charge is 2.14. The van der Waals surface area contributed by atoms with Crippen LogP contribution in [0.1, 0.15) is 36.2 Å². The van der Waals surface area contributed by atoms with Crippen LogP contribution in [0.15, 0.2) is 24.3 Å². The van der Waals surface area contributed by atoms with Crippen molar-refractivity contribution >= 4 is 5.78 Å². The van der Waals surface area contributed by atoms with Crippen LogP contribution >= 0.6 is 0 Å². The molecule has 2 nitrogen and oxygen atoms in total. The number of aryl methyl sites for hydroxylation is 1. The van der Waals surface area contributed by atoms with E-state index >= 15 is 0 Å². The Morgan fingerprint density at radius 1 is 1.44 bits per heavy atom. The predicted octanol–water partition coefficient (Wildman–Crippen LogP) is 2.68.